The maximum atomic E-state index is 3.50. The topological polar surface area (TPSA) is 0 Å². The quantitative estimate of drug-likeness (QED) is 0.589. The predicted molar refractivity (Wildman–Crippen MR) is 67.1 cm³/mol. The molecule has 0 radical (unpaired) electrons. The van der Waals surface area contributed by atoms with E-state index in [-0.39, 0.29) is 0 Å². The van der Waals surface area contributed by atoms with E-state index in [0.29, 0.717) is 0 Å². The number of hydrogen-bond acceptors (Lipinski definition) is 0. The predicted octanol–water partition coefficient (Wildman–Crippen LogP) is 5.00. The van der Waals surface area contributed by atoms with E-state index in [1.807, 2.05) is 0 Å². The highest BCUT2D eigenvalue weighted by Gasteiger charge is 2.04. The van der Waals surface area contributed by atoms with Gasteiger partial charge in [0.15, 0.2) is 0 Å². The van der Waals surface area contributed by atoms with Gasteiger partial charge in [0.25, 0.3) is 0 Å². The molecule has 1 aromatic rings. The second kappa shape index (κ2) is 5.13. The largest absolute Gasteiger partial charge is 0.0876 e. The molecular weight excluding hydrogens is 416 g/mol. The minimum Gasteiger partial charge on any atom is -0.0876 e. The van der Waals surface area contributed by atoms with Crippen LogP contribution in [-0.4, -0.2) is 0 Å². The molecule has 66 valence electrons. The van der Waals surface area contributed by atoms with Gasteiger partial charge in [-0.1, -0.05) is 69.8 Å². The van der Waals surface area contributed by atoms with Gasteiger partial charge in [-0.2, -0.15) is 0 Å². The Morgan fingerprint density at radius 2 is 1.25 bits per heavy atom. The lowest BCUT2D eigenvalue weighted by Crippen LogP contribution is -1.86. The summed E-state index contributed by atoms with van der Waals surface area (Å²) in [5, 5.41) is 1.75. The second-order valence-electron chi connectivity index (χ2n) is 2.30. The molecule has 0 amide bonds. The molecule has 1 rings (SSSR count). The normalized spacial score (nSPS) is 10.3. The summed E-state index contributed by atoms with van der Waals surface area (Å²) in [5.41, 5.74) is 2.54. The Hall–Kier alpha value is 1.14. The average Bonchev–Trinajstić information content (AvgIpc) is 2.05. The zero-order chi connectivity index (χ0) is 9.14. The summed E-state index contributed by atoms with van der Waals surface area (Å²) in [7, 11) is 0. The van der Waals surface area contributed by atoms with Crippen molar-refractivity contribution in [1.29, 1.82) is 0 Å². The van der Waals surface area contributed by atoms with Crippen molar-refractivity contribution in [2.75, 3.05) is 0 Å². The molecule has 0 aromatic heterocycles. The molecule has 0 fully saturated rings. The van der Waals surface area contributed by atoms with Crippen LogP contribution in [0.1, 0.15) is 11.1 Å². The molecule has 0 aliphatic carbocycles. The van der Waals surface area contributed by atoms with Gasteiger partial charge in [0.05, 0.1) is 0 Å². The van der Waals surface area contributed by atoms with Crippen LogP contribution in [0, 0.1) is 0 Å². The lowest BCUT2D eigenvalue weighted by atomic mass is 10.2. The Labute approximate surface area is 106 Å². The molecule has 0 nitrogen and oxygen atoms in total. The molecule has 0 heterocycles. The standard InChI is InChI=1S/C8H6Br4/c9-3-5-1-6(4-10)8(12)2-7(5)11/h1-2H,3-4H2. The van der Waals surface area contributed by atoms with Crippen molar-refractivity contribution in [2.45, 2.75) is 10.7 Å². The smallest absolute Gasteiger partial charge is 0.0294 e. The first kappa shape index (κ1) is 11.2. The van der Waals surface area contributed by atoms with Crippen molar-refractivity contribution in [1.82, 2.24) is 0 Å². The summed E-state index contributed by atoms with van der Waals surface area (Å²) in [6.07, 6.45) is 0. The van der Waals surface area contributed by atoms with Gasteiger partial charge < -0.3 is 0 Å². The molecule has 0 aliphatic heterocycles. The van der Waals surface area contributed by atoms with Crippen LogP contribution in [0.4, 0.5) is 0 Å². The van der Waals surface area contributed by atoms with E-state index >= 15 is 0 Å². The maximum Gasteiger partial charge on any atom is 0.0294 e. The van der Waals surface area contributed by atoms with Gasteiger partial charge in [-0.15, -0.1) is 0 Å². The van der Waals surface area contributed by atoms with Gasteiger partial charge >= 0.3 is 0 Å². The van der Waals surface area contributed by atoms with Crippen LogP contribution in [0.3, 0.4) is 0 Å². The van der Waals surface area contributed by atoms with Gasteiger partial charge in [-0.05, 0) is 17.2 Å². The van der Waals surface area contributed by atoms with Crippen LogP contribution < -0.4 is 0 Å². The van der Waals surface area contributed by atoms with Crippen LogP contribution in [0.2, 0.25) is 0 Å². The molecule has 0 N–H and O–H groups in total. The lowest BCUT2D eigenvalue weighted by Gasteiger charge is -2.05. The molecule has 0 bridgehead atoms. The molecule has 1 aromatic carbocycles. The third-order valence-electron chi connectivity index (χ3n) is 1.50. The molecular formula is C8H6Br4. The first-order valence-corrected chi connectivity index (χ1v) is 7.10. The monoisotopic (exact) mass is 418 g/mol. The van der Waals surface area contributed by atoms with E-state index in [4.69, 9.17) is 0 Å². The highest BCUT2D eigenvalue weighted by Crippen LogP contribution is 2.28. The minimum absolute atomic E-state index is 0.876. The van der Waals surface area contributed by atoms with Gasteiger partial charge in [0.2, 0.25) is 0 Å². The van der Waals surface area contributed by atoms with Crippen molar-refractivity contribution in [3.63, 3.8) is 0 Å². The number of alkyl halides is 2. The molecule has 0 saturated carbocycles. The van der Waals surface area contributed by atoms with Crippen LogP contribution >= 0.6 is 63.7 Å². The van der Waals surface area contributed by atoms with Crippen LogP contribution in [0.15, 0.2) is 21.1 Å². The summed E-state index contributed by atoms with van der Waals surface area (Å²) < 4.78 is 2.27. The van der Waals surface area contributed by atoms with Gasteiger partial charge in [0.1, 0.15) is 0 Å². The highest BCUT2D eigenvalue weighted by molar-refractivity contribution is 9.11. The zero-order valence-electron chi connectivity index (χ0n) is 6.08. The molecule has 0 atom stereocenters. The molecule has 0 saturated heterocycles. The number of rotatable bonds is 2. The van der Waals surface area contributed by atoms with Crippen molar-refractivity contribution in [2.24, 2.45) is 0 Å². The second-order valence-corrected chi connectivity index (χ2v) is 5.13. The summed E-state index contributed by atoms with van der Waals surface area (Å²) in [6.45, 7) is 0. The van der Waals surface area contributed by atoms with Gasteiger partial charge in [0, 0.05) is 19.6 Å². The van der Waals surface area contributed by atoms with Crippen LogP contribution in [0.5, 0.6) is 0 Å². The Bertz CT molecular complexity index is 257. The number of halogens is 4. The Balaban J connectivity index is 3.18. The van der Waals surface area contributed by atoms with E-state index in [1.165, 1.54) is 11.1 Å². The first-order valence-electron chi connectivity index (χ1n) is 3.27. The molecule has 12 heavy (non-hydrogen) atoms. The summed E-state index contributed by atoms with van der Waals surface area (Å²) >= 11 is 13.9. The molecule has 4 heteroatoms. The Morgan fingerprint density at radius 1 is 0.833 bits per heavy atom. The fraction of sp³-hybridized carbons (Fsp3) is 0.250. The van der Waals surface area contributed by atoms with E-state index in [0.717, 1.165) is 19.6 Å². The zero-order valence-corrected chi connectivity index (χ0v) is 12.4. The number of hydrogen-bond donors (Lipinski definition) is 0. The van der Waals surface area contributed by atoms with Gasteiger partial charge in [-0.3, -0.25) is 0 Å². The molecule has 0 unspecified atom stereocenters. The summed E-state index contributed by atoms with van der Waals surface area (Å²) in [6, 6.07) is 4.24. The Kier molecular flexibility index (Phi) is 4.79. The SMILES string of the molecule is BrCc1cc(CBr)c(Br)cc1Br. The third kappa shape index (κ3) is 2.56. The van der Waals surface area contributed by atoms with E-state index in [1.54, 1.807) is 0 Å². The maximum absolute atomic E-state index is 3.50. The van der Waals surface area contributed by atoms with Crippen molar-refractivity contribution < 1.29 is 0 Å². The van der Waals surface area contributed by atoms with Crippen molar-refractivity contribution >= 4 is 63.7 Å². The molecule has 0 aliphatic rings. The van der Waals surface area contributed by atoms with E-state index in [9.17, 15) is 0 Å². The minimum atomic E-state index is 0.876. The summed E-state index contributed by atoms with van der Waals surface area (Å²) in [5.74, 6) is 0. The fourth-order valence-electron chi connectivity index (χ4n) is 0.850. The fourth-order valence-corrected chi connectivity index (χ4v) is 3.80. The van der Waals surface area contributed by atoms with Crippen molar-refractivity contribution in [3.8, 4) is 0 Å². The van der Waals surface area contributed by atoms with E-state index in [2.05, 4.69) is 75.9 Å². The average molecular weight is 422 g/mol. The van der Waals surface area contributed by atoms with E-state index < -0.39 is 0 Å². The highest BCUT2D eigenvalue weighted by atomic mass is 79.9. The van der Waals surface area contributed by atoms with Crippen molar-refractivity contribution in [3.05, 3.63) is 32.2 Å². The third-order valence-corrected chi connectivity index (χ3v) is 4.19. The summed E-state index contributed by atoms with van der Waals surface area (Å²) in [4.78, 5) is 0. The van der Waals surface area contributed by atoms with Crippen LogP contribution in [-0.2, 0) is 10.7 Å². The Morgan fingerprint density at radius 3 is 1.58 bits per heavy atom. The first-order chi connectivity index (χ1) is 5.69. The number of benzene rings is 1. The molecule has 0 spiro atoms. The lowest BCUT2D eigenvalue weighted by molar-refractivity contribution is 1.30. The van der Waals surface area contributed by atoms with Crippen LogP contribution in [0.25, 0.3) is 0 Å². The van der Waals surface area contributed by atoms with Gasteiger partial charge in [-0.25, -0.2) is 0 Å².